The summed E-state index contributed by atoms with van der Waals surface area (Å²) in [4.78, 5) is 28.2. The number of Topliss-reactive ketones (excluding diaryl/α,β-unsaturated/α-hetero) is 1. The van der Waals surface area contributed by atoms with Crippen LogP contribution in [0.1, 0.15) is 29.7 Å². The third kappa shape index (κ3) is 4.58. The number of fused-ring (bicyclic) bond motifs is 1. The van der Waals surface area contributed by atoms with Crippen molar-refractivity contribution in [1.29, 1.82) is 0 Å². The van der Waals surface area contributed by atoms with E-state index in [1.165, 1.54) is 12.0 Å². The second-order valence-corrected chi connectivity index (χ2v) is 8.61. The Kier molecular flexibility index (Phi) is 6.72. The first-order valence-electron chi connectivity index (χ1n) is 12.0. The third-order valence-corrected chi connectivity index (χ3v) is 6.35. The molecule has 0 bridgehead atoms. The van der Waals surface area contributed by atoms with E-state index in [1.54, 1.807) is 36.4 Å². The maximum Gasteiger partial charge on any atom is 0.295 e. The Bertz CT molecular complexity index is 1370. The molecule has 0 spiro atoms. The lowest BCUT2D eigenvalue weighted by Crippen LogP contribution is -2.29. The van der Waals surface area contributed by atoms with Crippen molar-refractivity contribution in [1.82, 2.24) is 4.90 Å². The zero-order valence-corrected chi connectivity index (χ0v) is 20.6. The number of methoxy groups -OCH3 is 1. The smallest absolute Gasteiger partial charge is 0.295 e. The summed E-state index contributed by atoms with van der Waals surface area (Å²) in [6.45, 7) is 3.32. The highest BCUT2D eigenvalue weighted by atomic mass is 16.6. The number of ether oxygens (including phenoxy) is 4. The highest BCUT2D eigenvalue weighted by Crippen LogP contribution is 2.43. The lowest BCUT2D eigenvalue weighted by atomic mass is 9.94. The Labute approximate surface area is 214 Å². The minimum Gasteiger partial charge on any atom is -0.507 e. The summed E-state index contributed by atoms with van der Waals surface area (Å²) in [6, 6.07) is 18.7. The van der Waals surface area contributed by atoms with Crippen molar-refractivity contribution >= 4 is 17.4 Å². The van der Waals surface area contributed by atoms with Gasteiger partial charge in [-0.3, -0.25) is 9.59 Å². The molecular weight excluding hydrogens is 474 g/mol. The second-order valence-electron chi connectivity index (χ2n) is 8.61. The summed E-state index contributed by atoms with van der Waals surface area (Å²) in [5, 5.41) is 11.4. The molecule has 0 radical (unpaired) electrons. The van der Waals surface area contributed by atoms with E-state index < -0.39 is 17.7 Å². The van der Waals surface area contributed by atoms with Crippen LogP contribution in [0, 0.1) is 0 Å². The van der Waals surface area contributed by atoms with Gasteiger partial charge in [0.15, 0.2) is 23.0 Å². The average Bonchev–Trinajstić information content (AvgIpc) is 3.18. The summed E-state index contributed by atoms with van der Waals surface area (Å²) >= 11 is 0. The predicted octanol–water partition coefficient (Wildman–Crippen LogP) is 4.49. The molecule has 1 fully saturated rings. The Hall–Kier alpha value is -4.46. The molecule has 3 aromatic carbocycles. The molecular formula is C29H27NO7. The number of carbonyl (C=O) groups excluding carboxylic acids is 2. The number of hydrogen-bond donors (Lipinski definition) is 1. The number of hydrogen-bond acceptors (Lipinski definition) is 7. The molecule has 0 aromatic heterocycles. The lowest BCUT2D eigenvalue weighted by Gasteiger charge is -2.26. The van der Waals surface area contributed by atoms with Crippen LogP contribution in [-0.2, 0) is 16.1 Å². The van der Waals surface area contributed by atoms with E-state index in [0.29, 0.717) is 53.9 Å². The highest BCUT2D eigenvalue weighted by molar-refractivity contribution is 6.46. The van der Waals surface area contributed by atoms with Crippen molar-refractivity contribution in [3.63, 3.8) is 0 Å². The first-order chi connectivity index (χ1) is 18.0. The maximum atomic E-state index is 13.4. The molecule has 8 heteroatoms. The zero-order chi connectivity index (χ0) is 25.9. The normalized spacial score (nSPS) is 18.1. The van der Waals surface area contributed by atoms with Crippen LogP contribution >= 0.6 is 0 Å². The fourth-order valence-electron chi connectivity index (χ4n) is 4.64. The molecule has 1 atom stereocenters. The van der Waals surface area contributed by atoms with Crippen molar-refractivity contribution in [2.75, 3.05) is 26.9 Å². The number of likely N-dealkylation sites (tertiary alicyclic amines) is 1. The fraction of sp³-hybridized carbons (Fsp3) is 0.241. The molecule has 37 heavy (non-hydrogen) atoms. The van der Waals surface area contributed by atoms with E-state index in [9.17, 15) is 14.7 Å². The summed E-state index contributed by atoms with van der Waals surface area (Å²) in [5.41, 5.74) is 1.80. The van der Waals surface area contributed by atoms with Crippen LogP contribution in [0.25, 0.3) is 5.76 Å². The number of aliphatic hydroxyl groups is 1. The molecule has 1 amide bonds. The van der Waals surface area contributed by atoms with E-state index in [4.69, 9.17) is 18.9 Å². The van der Waals surface area contributed by atoms with Gasteiger partial charge in [0, 0.05) is 12.1 Å². The van der Waals surface area contributed by atoms with Crippen LogP contribution in [0.2, 0.25) is 0 Å². The standard InChI is InChI=1S/C29H27NO7/c1-3-35-21-11-9-19(15-23(21)34-2)26-25(27(31)20-10-12-22-24(16-20)37-14-13-36-22)28(32)29(33)30(26)17-18-7-5-4-6-8-18/h4-12,15-16,26,31H,3,13-14,17H2,1-2H3/b27-25+. The largest absolute Gasteiger partial charge is 0.507 e. The van der Waals surface area contributed by atoms with Crippen LogP contribution in [0.3, 0.4) is 0 Å². The first-order valence-corrected chi connectivity index (χ1v) is 12.0. The third-order valence-electron chi connectivity index (χ3n) is 6.35. The lowest BCUT2D eigenvalue weighted by molar-refractivity contribution is -0.140. The van der Waals surface area contributed by atoms with Gasteiger partial charge in [-0.25, -0.2) is 0 Å². The van der Waals surface area contributed by atoms with E-state index in [-0.39, 0.29) is 17.9 Å². The summed E-state index contributed by atoms with van der Waals surface area (Å²) in [5.74, 6) is 0.281. The summed E-state index contributed by atoms with van der Waals surface area (Å²) in [6.07, 6.45) is 0. The Balaban J connectivity index is 1.65. The van der Waals surface area contributed by atoms with Crippen LogP contribution in [0.4, 0.5) is 0 Å². The van der Waals surface area contributed by atoms with Gasteiger partial charge in [0.2, 0.25) is 0 Å². The molecule has 1 saturated heterocycles. The summed E-state index contributed by atoms with van der Waals surface area (Å²) in [7, 11) is 1.53. The quantitative estimate of drug-likeness (QED) is 0.290. The molecule has 5 rings (SSSR count). The zero-order valence-electron chi connectivity index (χ0n) is 20.6. The van der Waals surface area contributed by atoms with Crippen molar-refractivity contribution in [3.05, 3.63) is 89.0 Å². The molecule has 0 aliphatic carbocycles. The Morgan fingerprint density at radius 2 is 1.73 bits per heavy atom. The predicted molar refractivity (Wildman–Crippen MR) is 136 cm³/mol. The van der Waals surface area contributed by atoms with Crippen molar-refractivity contribution in [2.24, 2.45) is 0 Å². The van der Waals surface area contributed by atoms with Gasteiger partial charge < -0.3 is 29.0 Å². The van der Waals surface area contributed by atoms with Gasteiger partial charge in [-0.2, -0.15) is 0 Å². The summed E-state index contributed by atoms with van der Waals surface area (Å²) < 4.78 is 22.4. The van der Waals surface area contributed by atoms with Crippen LogP contribution in [0.15, 0.2) is 72.3 Å². The molecule has 2 aliphatic rings. The van der Waals surface area contributed by atoms with E-state index >= 15 is 0 Å². The number of benzene rings is 3. The van der Waals surface area contributed by atoms with Crippen molar-refractivity contribution in [2.45, 2.75) is 19.5 Å². The van der Waals surface area contributed by atoms with E-state index in [1.807, 2.05) is 37.3 Å². The molecule has 0 saturated carbocycles. The molecule has 190 valence electrons. The van der Waals surface area contributed by atoms with Gasteiger partial charge in [-0.15, -0.1) is 0 Å². The van der Waals surface area contributed by atoms with Crippen LogP contribution < -0.4 is 18.9 Å². The Morgan fingerprint density at radius 1 is 0.973 bits per heavy atom. The van der Waals surface area contributed by atoms with Gasteiger partial charge in [0.1, 0.15) is 19.0 Å². The van der Waals surface area contributed by atoms with Gasteiger partial charge >= 0.3 is 0 Å². The minimum atomic E-state index is -0.849. The Morgan fingerprint density at radius 3 is 2.46 bits per heavy atom. The van der Waals surface area contributed by atoms with Crippen molar-refractivity contribution < 1.29 is 33.6 Å². The first kappa shape index (κ1) is 24.2. The number of nitrogens with zero attached hydrogens (tertiary/aromatic N) is 1. The van der Waals surface area contributed by atoms with E-state index in [2.05, 4.69) is 0 Å². The molecule has 1 unspecified atom stereocenters. The van der Waals surface area contributed by atoms with Crippen molar-refractivity contribution in [3.8, 4) is 23.0 Å². The van der Waals surface area contributed by atoms with Crippen LogP contribution in [0.5, 0.6) is 23.0 Å². The average molecular weight is 502 g/mol. The molecule has 3 aromatic rings. The van der Waals surface area contributed by atoms with Gasteiger partial charge in [0.25, 0.3) is 11.7 Å². The molecule has 8 nitrogen and oxygen atoms in total. The van der Waals surface area contributed by atoms with E-state index in [0.717, 1.165) is 5.56 Å². The highest BCUT2D eigenvalue weighted by Gasteiger charge is 2.46. The molecule has 1 N–H and O–H groups in total. The minimum absolute atomic E-state index is 0.0104. The van der Waals surface area contributed by atoms with Gasteiger partial charge in [-0.05, 0) is 48.4 Å². The number of rotatable bonds is 7. The van der Waals surface area contributed by atoms with Gasteiger partial charge in [0.05, 0.1) is 25.3 Å². The SMILES string of the molecule is CCOc1ccc(C2/C(=C(\O)c3ccc4c(c3)OCCO4)C(=O)C(=O)N2Cc2ccccc2)cc1OC. The number of aliphatic hydroxyl groups excluding tert-OH is 1. The van der Waals surface area contributed by atoms with Gasteiger partial charge in [-0.1, -0.05) is 36.4 Å². The number of amides is 1. The monoisotopic (exact) mass is 501 g/mol. The topological polar surface area (TPSA) is 94.5 Å². The molecule has 2 aliphatic heterocycles. The van der Waals surface area contributed by atoms with Crippen LogP contribution in [-0.4, -0.2) is 48.6 Å². The fourth-order valence-corrected chi connectivity index (χ4v) is 4.64. The molecule has 2 heterocycles. The number of ketones is 1. The maximum absolute atomic E-state index is 13.4. The second kappa shape index (κ2) is 10.3. The number of carbonyl (C=O) groups is 2.